The molecule has 2 aliphatic rings. The predicted octanol–water partition coefficient (Wildman–Crippen LogP) is 4.48. The average Bonchev–Trinajstić information content (AvgIpc) is 2.97. The third-order valence-electron chi connectivity index (χ3n) is 6.87. The second-order valence-electron chi connectivity index (χ2n) is 9.37. The first-order valence-electron chi connectivity index (χ1n) is 12.8. The first-order valence-corrected chi connectivity index (χ1v) is 14.2. The number of carbonyl (C=O) groups is 1. The van der Waals surface area contributed by atoms with Gasteiger partial charge in [-0.05, 0) is 47.5 Å². The van der Waals surface area contributed by atoms with Gasteiger partial charge in [0, 0.05) is 31.7 Å². The van der Waals surface area contributed by atoms with Crippen LogP contribution in [0.4, 0.5) is 24.5 Å². The number of ether oxygens (including phenoxy) is 2. The molecule has 5 rings (SSSR count). The normalized spacial score (nSPS) is 17.0. The van der Waals surface area contributed by atoms with Gasteiger partial charge in [0.1, 0.15) is 0 Å². The number of anilines is 2. The summed E-state index contributed by atoms with van der Waals surface area (Å²) in [7, 11) is -3.83. The number of hydrogen-bond donors (Lipinski definition) is 1. The van der Waals surface area contributed by atoms with Crippen molar-refractivity contribution >= 4 is 27.3 Å². The number of hydrogen-bond acceptors (Lipinski definition) is 6. The Morgan fingerprint density at radius 1 is 0.825 bits per heavy atom. The maximum Gasteiger partial charge on any atom is 0.416 e. The van der Waals surface area contributed by atoms with Gasteiger partial charge in [-0.1, -0.05) is 30.3 Å². The van der Waals surface area contributed by atoms with Crippen molar-refractivity contribution in [3.05, 3.63) is 77.9 Å². The fraction of sp³-hybridized carbons (Fsp3) is 0.321. The first kappa shape index (κ1) is 28.1. The van der Waals surface area contributed by atoms with Gasteiger partial charge in [0.25, 0.3) is 5.91 Å². The Balaban J connectivity index is 1.49. The Morgan fingerprint density at radius 3 is 2.10 bits per heavy atom. The van der Waals surface area contributed by atoms with Crippen molar-refractivity contribution in [2.45, 2.75) is 11.1 Å². The van der Waals surface area contributed by atoms with Crippen LogP contribution in [-0.4, -0.2) is 71.2 Å². The van der Waals surface area contributed by atoms with Crippen LogP contribution in [0.1, 0.15) is 15.9 Å². The van der Waals surface area contributed by atoms with E-state index in [1.54, 1.807) is 30.3 Å². The van der Waals surface area contributed by atoms with E-state index < -0.39 is 27.7 Å². The molecule has 40 heavy (non-hydrogen) atoms. The summed E-state index contributed by atoms with van der Waals surface area (Å²) < 4.78 is 78.0. The molecule has 0 aromatic heterocycles. The van der Waals surface area contributed by atoms with Crippen LogP contribution in [0.15, 0.2) is 71.6 Å². The summed E-state index contributed by atoms with van der Waals surface area (Å²) in [5, 5.41) is 2.88. The number of amides is 1. The lowest BCUT2D eigenvalue weighted by atomic mass is 9.98. The molecule has 0 unspecified atom stereocenters. The van der Waals surface area contributed by atoms with Crippen molar-refractivity contribution in [3.63, 3.8) is 0 Å². The summed E-state index contributed by atoms with van der Waals surface area (Å²) in [4.78, 5) is 15.7. The van der Waals surface area contributed by atoms with E-state index in [0.29, 0.717) is 62.0 Å². The predicted molar refractivity (Wildman–Crippen MR) is 144 cm³/mol. The van der Waals surface area contributed by atoms with Crippen molar-refractivity contribution in [1.29, 1.82) is 0 Å². The van der Waals surface area contributed by atoms with Gasteiger partial charge < -0.3 is 19.7 Å². The summed E-state index contributed by atoms with van der Waals surface area (Å²) in [6, 6.07) is 15.8. The third-order valence-corrected chi connectivity index (χ3v) is 8.77. The lowest BCUT2D eigenvalue weighted by Gasteiger charge is -2.31. The standard InChI is InChI=1S/C28H28F3N3O5S/c29-28(30,31)21-7-5-20(6-8-21)23-3-1-2-4-24(23)27(35)32-25-19-22(40(36,37)34-13-17-39-18-14-34)9-10-26(25)33-11-15-38-16-12-33/h1-10,19H,11-18H2,(H,32,35). The molecule has 2 aliphatic heterocycles. The quantitative estimate of drug-likeness (QED) is 0.467. The molecule has 12 heteroatoms. The molecule has 2 fully saturated rings. The van der Waals surface area contributed by atoms with E-state index in [0.717, 1.165) is 12.1 Å². The van der Waals surface area contributed by atoms with Crippen LogP contribution in [0.3, 0.4) is 0 Å². The van der Waals surface area contributed by atoms with E-state index in [1.807, 2.05) is 4.90 Å². The van der Waals surface area contributed by atoms with Crippen LogP contribution in [-0.2, 0) is 25.7 Å². The zero-order chi connectivity index (χ0) is 28.3. The molecule has 2 heterocycles. The Bertz CT molecular complexity index is 1470. The molecule has 0 atom stereocenters. The number of nitrogens with zero attached hydrogens (tertiary/aromatic N) is 2. The molecule has 0 aliphatic carbocycles. The smallest absolute Gasteiger partial charge is 0.379 e. The van der Waals surface area contributed by atoms with Gasteiger partial charge in [-0.2, -0.15) is 17.5 Å². The van der Waals surface area contributed by atoms with Crippen molar-refractivity contribution in [2.75, 3.05) is 62.8 Å². The summed E-state index contributed by atoms with van der Waals surface area (Å²) in [6.45, 7) is 3.15. The van der Waals surface area contributed by atoms with Crippen molar-refractivity contribution < 1.29 is 35.9 Å². The van der Waals surface area contributed by atoms with Crippen LogP contribution in [0.25, 0.3) is 11.1 Å². The van der Waals surface area contributed by atoms with E-state index in [2.05, 4.69) is 5.32 Å². The highest BCUT2D eigenvalue weighted by Gasteiger charge is 2.31. The zero-order valence-corrected chi connectivity index (χ0v) is 22.3. The summed E-state index contributed by atoms with van der Waals surface area (Å²) >= 11 is 0. The maximum atomic E-state index is 13.6. The molecular weight excluding hydrogens is 547 g/mol. The second-order valence-corrected chi connectivity index (χ2v) is 11.3. The monoisotopic (exact) mass is 575 g/mol. The molecule has 0 radical (unpaired) electrons. The van der Waals surface area contributed by atoms with Crippen molar-refractivity contribution in [3.8, 4) is 11.1 Å². The van der Waals surface area contributed by atoms with Gasteiger partial charge in [0.2, 0.25) is 10.0 Å². The molecule has 0 spiro atoms. The van der Waals surface area contributed by atoms with Crippen molar-refractivity contribution in [1.82, 2.24) is 4.31 Å². The molecule has 0 bridgehead atoms. The number of carbonyl (C=O) groups excluding carboxylic acids is 1. The van der Waals surface area contributed by atoms with E-state index >= 15 is 0 Å². The molecule has 1 amide bonds. The van der Waals surface area contributed by atoms with Gasteiger partial charge >= 0.3 is 6.18 Å². The number of alkyl halides is 3. The Hall–Kier alpha value is -3.45. The second kappa shape index (κ2) is 11.6. The number of sulfonamides is 1. The number of halogens is 3. The van der Waals surface area contributed by atoms with E-state index in [4.69, 9.17) is 9.47 Å². The lowest BCUT2D eigenvalue weighted by Crippen LogP contribution is -2.40. The summed E-state index contributed by atoms with van der Waals surface area (Å²) in [5.74, 6) is -0.522. The minimum atomic E-state index is -4.47. The molecule has 0 saturated carbocycles. The maximum absolute atomic E-state index is 13.6. The molecule has 8 nitrogen and oxygen atoms in total. The number of benzene rings is 3. The van der Waals surface area contributed by atoms with Gasteiger partial charge in [-0.3, -0.25) is 4.79 Å². The summed E-state index contributed by atoms with van der Waals surface area (Å²) in [6.07, 6.45) is -4.47. The van der Waals surface area contributed by atoms with E-state index in [-0.39, 0.29) is 23.5 Å². The molecule has 3 aromatic carbocycles. The van der Waals surface area contributed by atoms with Crippen molar-refractivity contribution in [2.24, 2.45) is 0 Å². The summed E-state index contributed by atoms with van der Waals surface area (Å²) in [5.41, 5.74) is 1.28. The number of nitrogens with one attached hydrogen (secondary N) is 1. The Labute approximate surface area is 230 Å². The molecule has 212 valence electrons. The van der Waals surface area contributed by atoms with Crippen LogP contribution < -0.4 is 10.2 Å². The molecular formula is C28H28F3N3O5S. The third kappa shape index (κ3) is 5.99. The SMILES string of the molecule is O=C(Nc1cc(S(=O)(=O)N2CCOCC2)ccc1N1CCOCC1)c1ccccc1-c1ccc(C(F)(F)F)cc1. The highest BCUT2D eigenvalue weighted by Crippen LogP contribution is 2.34. The van der Waals surface area contributed by atoms with Gasteiger partial charge in [-0.25, -0.2) is 8.42 Å². The molecule has 1 N–H and O–H groups in total. The Morgan fingerprint density at radius 2 is 1.45 bits per heavy atom. The fourth-order valence-electron chi connectivity index (χ4n) is 4.75. The average molecular weight is 576 g/mol. The zero-order valence-electron chi connectivity index (χ0n) is 21.5. The van der Waals surface area contributed by atoms with Gasteiger partial charge in [0.05, 0.1) is 48.3 Å². The van der Waals surface area contributed by atoms with Crippen LogP contribution in [0.5, 0.6) is 0 Å². The van der Waals surface area contributed by atoms with Crippen LogP contribution >= 0.6 is 0 Å². The number of rotatable bonds is 6. The fourth-order valence-corrected chi connectivity index (χ4v) is 6.19. The minimum absolute atomic E-state index is 0.0396. The largest absolute Gasteiger partial charge is 0.416 e. The Kier molecular flexibility index (Phi) is 8.13. The van der Waals surface area contributed by atoms with Gasteiger partial charge in [0.15, 0.2) is 0 Å². The first-order chi connectivity index (χ1) is 19.1. The lowest BCUT2D eigenvalue weighted by molar-refractivity contribution is -0.137. The highest BCUT2D eigenvalue weighted by molar-refractivity contribution is 7.89. The van der Waals surface area contributed by atoms with Crippen LogP contribution in [0, 0.1) is 0 Å². The topological polar surface area (TPSA) is 88.2 Å². The molecule has 2 saturated heterocycles. The van der Waals surface area contributed by atoms with Gasteiger partial charge in [-0.15, -0.1) is 0 Å². The molecule has 3 aromatic rings. The van der Waals surface area contributed by atoms with E-state index in [1.165, 1.54) is 28.6 Å². The highest BCUT2D eigenvalue weighted by atomic mass is 32.2. The van der Waals surface area contributed by atoms with E-state index in [9.17, 15) is 26.4 Å². The number of morpholine rings is 2. The minimum Gasteiger partial charge on any atom is -0.379 e. The van der Waals surface area contributed by atoms with Crippen LogP contribution in [0.2, 0.25) is 0 Å².